The van der Waals surface area contributed by atoms with Crippen molar-refractivity contribution in [3.05, 3.63) is 60.2 Å². The number of hydrogen-bond acceptors (Lipinski definition) is 2. The predicted molar refractivity (Wildman–Crippen MR) is 84.3 cm³/mol. The summed E-state index contributed by atoms with van der Waals surface area (Å²) in [5.74, 6) is 0. The van der Waals surface area contributed by atoms with Crippen molar-refractivity contribution in [3.63, 3.8) is 0 Å². The van der Waals surface area contributed by atoms with Gasteiger partial charge >= 0.3 is 0 Å². The van der Waals surface area contributed by atoms with E-state index in [1.165, 1.54) is 29.5 Å². The molecule has 0 saturated heterocycles. The Kier molecular flexibility index (Phi) is 3.86. The first-order valence-electron chi connectivity index (χ1n) is 7.37. The molecule has 3 N–H and O–H groups in total. The summed E-state index contributed by atoms with van der Waals surface area (Å²) in [4.78, 5) is 0. The zero-order valence-electron chi connectivity index (χ0n) is 11.8. The van der Waals surface area contributed by atoms with Gasteiger partial charge in [0.2, 0.25) is 0 Å². The third-order valence-corrected chi connectivity index (χ3v) is 4.28. The molecule has 0 aromatic heterocycles. The Hall–Kier alpha value is -1.64. The summed E-state index contributed by atoms with van der Waals surface area (Å²) in [5.41, 5.74) is 10.1. The van der Waals surface area contributed by atoms with Crippen LogP contribution in [0.25, 0.3) is 11.1 Å². The SMILES string of the molecule is NCC1(CNCc2ccc(-c3ccccc3)cc2)CC1. The molecule has 2 heteroatoms. The van der Waals surface area contributed by atoms with Crippen molar-refractivity contribution in [2.45, 2.75) is 19.4 Å². The van der Waals surface area contributed by atoms with Crippen LogP contribution in [0.15, 0.2) is 54.6 Å². The van der Waals surface area contributed by atoms with Crippen molar-refractivity contribution >= 4 is 0 Å². The minimum absolute atomic E-state index is 0.407. The molecule has 0 aliphatic heterocycles. The highest BCUT2D eigenvalue weighted by Gasteiger charge is 2.40. The van der Waals surface area contributed by atoms with Crippen LogP contribution in [0, 0.1) is 5.41 Å². The molecule has 1 saturated carbocycles. The van der Waals surface area contributed by atoms with Gasteiger partial charge in [0.25, 0.3) is 0 Å². The molecule has 1 aliphatic carbocycles. The quantitative estimate of drug-likeness (QED) is 0.842. The van der Waals surface area contributed by atoms with Gasteiger partial charge < -0.3 is 11.1 Å². The molecule has 20 heavy (non-hydrogen) atoms. The molecule has 104 valence electrons. The van der Waals surface area contributed by atoms with E-state index in [2.05, 4.69) is 53.8 Å². The Bertz CT molecular complexity index is 541. The molecule has 1 fully saturated rings. The molecule has 0 atom stereocenters. The molecule has 0 unspecified atom stereocenters. The van der Waals surface area contributed by atoms with E-state index >= 15 is 0 Å². The highest BCUT2D eigenvalue weighted by atomic mass is 14.9. The average Bonchev–Trinajstić information content (AvgIpc) is 3.29. The van der Waals surface area contributed by atoms with Gasteiger partial charge in [0.05, 0.1) is 0 Å². The number of rotatable bonds is 6. The van der Waals surface area contributed by atoms with Gasteiger partial charge in [0.15, 0.2) is 0 Å². The van der Waals surface area contributed by atoms with Crippen LogP contribution < -0.4 is 11.1 Å². The monoisotopic (exact) mass is 266 g/mol. The molecule has 1 aliphatic rings. The number of nitrogens with one attached hydrogen (secondary N) is 1. The molecule has 0 amide bonds. The van der Waals surface area contributed by atoms with Gasteiger partial charge in [0, 0.05) is 13.1 Å². The third kappa shape index (κ3) is 3.09. The maximum Gasteiger partial charge on any atom is 0.0205 e. The zero-order chi connectivity index (χ0) is 13.8. The van der Waals surface area contributed by atoms with E-state index in [9.17, 15) is 0 Å². The summed E-state index contributed by atoms with van der Waals surface area (Å²) in [7, 11) is 0. The maximum absolute atomic E-state index is 5.79. The van der Waals surface area contributed by atoms with Crippen LogP contribution in [0.2, 0.25) is 0 Å². The van der Waals surface area contributed by atoms with Crippen molar-refractivity contribution in [2.24, 2.45) is 11.1 Å². The normalized spacial score (nSPS) is 16.1. The lowest BCUT2D eigenvalue weighted by Gasteiger charge is -2.13. The minimum atomic E-state index is 0.407. The fourth-order valence-electron chi connectivity index (χ4n) is 2.55. The number of hydrogen-bond donors (Lipinski definition) is 2. The van der Waals surface area contributed by atoms with Crippen molar-refractivity contribution in [1.82, 2.24) is 5.32 Å². The highest BCUT2D eigenvalue weighted by Crippen LogP contribution is 2.43. The third-order valence-electron chi connectivity index (χ3n) is 4.28. The summed E-state index contributed by atoms with van der Waals surface area (Å²) >= 11 is 0. The minimum Gasteiger partial charge on any atom is -0.330 e. The molecule has 0 spiro atoms. The first-order chi connectivity index (χ1) is 9.81. The molecular weight excluding hydrogens is 244 g/mol. The summed E-state index contributed by atoms with van der Waals surface area (Å²) in [6.07, 6.45) is 2.56. The summed E-state index contributed by atoms with van der Waals surface area (Å²) < 4.78 is 0. The standard InChI is InChI=1S/C18H22N2/c19-13-18(10-11-18)14-20-12-15-6-8-17(9-7-15)16-4-2-1-3-5-16/h1-9,20H,10-14,19H2. The number of benzene rings is 2. The van der Waals surface area contributed by atoms with Gasteiger partial charge in [-0.1, -0.05) is 54.6 Å². The van der Waals surface area contributed by atoms with Crippen LogP contribution in [0.5, 0.6) is 0 Å². The summed E-state index contributed by atoms with van der Waals surface area (Å²) in [6.45, 7) is 2.79. The Morgan fingerprint density at radius 2 is 1.55 bits per heavy atom. The van der Waals surface area contributed by atoms with Gasteiger partial charge in [-0.3, -0.25) is 0 Å². The maximum atomic E-state index is 5.79. The highest BCUT2D eigenvalue weighted by molar-refractivity contribution is 5.63. The lowest BCUT2D eigenvalue weighted by Crippen LogP contribution is -2.29. The molecule has 2 aromatic carbocycles. The Balaban J connectivity index is 1.56. The average molecular weight is 266 g/mol. The van der Waals surface area contributed by atoms with E-state index in [0.29, 0.717) is 5.41 Å². The Morgan fingerprint density at radius 1 is 0.900 bits per heavy atom. The van der Waals surface area contributed by atoms with Crippen LogP contribution in [-0.2, 0) is 6.54 Å². The van der Waals surface area contributed by atoms with E-state index in [-0.39, 0.29) is 0 Å². The van der Waals surface area contributed by atoms with Crippen LogP contribution in [0.3, 0.4) is 0 Å². The van der Waals surface area contributed by atoms with E-state index in [1.807, 2.05) is 6.07 Å². The predicted octanol–water partition coefficient (Wildman–Crippen LogP) is 3.18. The molecule has 0 bridgehead atoms. The van der Waals surface area contributed by atoms with Crippen LogP contribution in [0.1, 0.15) is 18.4 Å². The van der Waals surface area contributed by atoms with Crippen molar-refractivity contribution in [3.8, 4) is 11.1 Å². The smallest absolute Gasteiger partial charge is 0.0205 e. The number of nitrogens with two attached hydrogens (primary N) is 1. The fraction of sp³-hybridized carbons (Fsp3) is 0.333. The van der Waals surface area contributed by atoms with Gasteiger partial charge in [-0.25, -0.2) is 0 Å². The van der Waals surface area contributed by atoms with Crippen molar-refractivity contribution in [1.29, 1.82) is 0 Å². The van der Waals surface area contributed by atoms with Crippen molar-refractivity contribution in [2.75, 3.05) is 13.1 Å². The molecule has 3 rings (SSSR count). The summed E-state index contributed by atoms with van der Waals surface area (Å²) in [6, 6.07) is 19.3. The van der Waals surface area contributed by atoms with Gasteiger partial charge in [0.1, 0.15) is 0 Å². The van der Waals surface area contributed by atoms with E-state index < -0.39 is 0 Å². The Labute approximate surface area is 121 Å². The first kappa shape index (κ1) is 13.3. The second-order valence-corrected chi connectivity index (χ2v) is 5.87. The first-order valence-corrected chi connectivity index (χ1v) is 7.37. The van der Waals surface area contributed by atoms with E-state index in [4.69, 9.17) is 5.73 Å². The lowest BCUT2D eigenvalue weighted by atomic mass is 10.0. The molecule has 0 heterocycles. The molecular formula is C18H22N2. The van der Waals surface area contributed by atoms with E-state index in [1.54, 1.807) is 0 Å². The second kappa shape index (κ2) is 5.78. The lowest BCUT2D eigenvalue weighted by molar-refractivity contribution is 0.468. The van der Waals surface area contributed by atoms with Gasteiger partial charge in [-0.05, 0) is 41.5 Å². The second-order valence-electron chi connectivity index (χ2n) is 5.87. The molecule has 2 aromatic rings. The topological polar surface area (TPSA) is 38.0 Å². The fourth-order valence-corrected chi connectivity index (χ4v) is 2.55. The molecule has 2 nitrogen and oxygen atoms in total. The molecule has 0 radical (unpaired) electrons. The van der Waals surface area contributed by atoms with Crippen molar-refractivity contribution < 1.29 is 0 Å². The largest absolute Gasteiger partial charge is 0.330 e. The Morgan fingerprint density at radius 3 is 2.15 bits per heavy atom. The zero-order valence-corrected chi connectivity index (χ0v) is 11.8. The van der Waals surface area contributed by atoms with E-state index in [0.717, 1.165) is 19.6 Å². The van der Waals surface area contributed by atoms with Crippen LogP contribution in [0.4, 0.5) is 0 Å². The summed E-state index contributed by atoms with van der Waals surface area (Å²) in [5, 5.41) is 3.53. The van der Waals surface area contributed by atoms with Gasteiger partial charge in [-0.2, -0.15) is 0 Å². The van der Waals surface area contributed by atoms with Crippen LogP contribution >= 0.6 is 0 Å². The van der Waals surface area contributed by atoms with Gasteiger partial charge in [-0.15, -0.1) is 0 Å². The van der Waals surface area contributed by atoms with Crippen LogP contribution in [-0.4, -0.2) is 13.1 Å².